The van der Waals surface area contributed by atoms with E-state index in [4.69, 9.17) is 4.74 Å². The predicted molar refractivity (Wildman–Crippen MR) is 93.6 cm³/mol. The first-order valence-electron chi connectivity index (χ1n) is 7.86. The third-order valence-electron chi connectivity index (χ3n) is 4.08. The first kappa shape index (κ1) is 16.1. The maximum absolute atomic E-state index is 12.5. The van der Waals surface area contributed by atoms with Gasteiger partial charge in [-0.1, -0.05) is 24.3 Å². The molecule has 0 bridgehead atoms. The Bertz CT molecular complexity index is 794. The van der Waals surface area contributed by atoms with E-state index < -0.39 is 0 Å². The van der Waals surface area contributed by atoms with Crippen LogP contribution in [0.25, 0.3) is 0 Å². The van der Waals surface area contributed by atoms with Crippen LogP contribution in [0.3, 0.4) is 0 Å². The number of nitrogens with zero attached hydrogens (tertiary/aromatic N) is 1. The molecule has 3 rings (SSSR count). The number of ether oxygens (including phenoxy) is 1. The van der Waals surface area contributed by atoms with Gasteiger partial charge in [-0.2, -0.15) is 0 Å². The first-order valence-corrected chi connectivity index (χ1v) is 7.86. The lowest BCUT2D eigenvalue weighted by molar-refractivity contribution is -0.133. The number of hydrogen-bond donors (Lipinski definition) is 1. The molecule has 0 fully saturated rings. The van der Waals surface area contributed by atoms with Crippen molar-refractivity contribution >= 4 is 23.3 Å². The lowest BCUT2D eigenvalue weighted by Gasteiger charge is -2.29. The highest BCUT2D eigenvalue weighted by Crippen LogP contribution is 2.32. The maximum atomic E-state index is 12.5. The largest absolute Gasteiger partial charge is 0.423 e. The maximum Gasteiger partial charge on any atom is 0.331 e. The minimum absolute atomic E-state index is 0.0661. The highest BCUT2D eigenvalue weighted by atomic mass is 16.5. The Morgan fingerprint density at radius 3 is 2.58 bits per heavy atom. The summed E-state index contributed by atoms with van der Waals surface area (Å²) in [6.45, 7) is 6.04. The number of esters is 1. The molecule has 5 nitrogen and oxygen atoms in total. The van der Waals surface area contributed by atoms with Gasteiger partial charge in [0.15, 0.2) is 5.75 Å². The van der Waals surface area contributed by atoms with Gasteiger partial charge in [0.25, 0.3) is 0 Å². The number of nitrogens with one attached hydrogen (secondary N) is 1. The van der Waals surface area contributed by atoms with Gasteiger partial charge in [0.2, 0.25) is 5.91 Å². The van der Waals surface area contributed by atoms with Crippen LogP contribution in [-0.4, -0.2) is 25.0 Å². The number of aryl methyl sites for hydroxylation is 3. The molecule has 124 valence electrons. The summed E-state index contributed by atoms with van der Waals surface area (Å²) in [6.07, 6.45) is 0. The molecule has 1 aliphatic rings. The van der Waals surface area contributed by atoms with Crippen LogP contribution in [-0.2, 0) is 9.59 Å². The third kappa shape index (κ3) is 3.25. The average Bonchev–Trinajstić information content (AvgIpc) is 2.52. The lowest BCUT2D eigenvalue weighted by Crippen LogP contribution is -2.41. The number of benzene rings is 2. The van der Waals surface area contributed by atoms with Crippen LogP contribution < -0.4 is 15.0 Å². The highest BCUT2D eigenvalue weighted by molar-refractivity contribution is 5.97. The Balaban J connectivity index is 1.80. The molecule has 2 aromatic rings. The van der Waals surface area contributed by atoms with Crippen molar-refractivity contribution in [2.45, 2.75) is 20.8 Å². The molecule has 1 aliphatic heterocycles. The van der Waals surface area contributed by atoms with E-state index in [1.807, 2.05) is 51.1 Å². The molecule has 0 saturated carbocycles. The number of anilines is 2. The molecule has 0 atom stereocenters. The highest BCUT2D eigenvalue weighted by Gasteiger charge is 2.26. The van der Waals surface area contributed by atoms with Gasteiger partial charge in [-0.25, -0.2) is 4.79 Å². The number of amides is 1. The molecule has 24 heavy (non-hydrogen) atoms. The van der Waals surface area contributed by atoms with E-state index >= 15 is 0 Å². The van der Waals surface area contributed by atoms with Gasteiger partial charge in [-0.15, -0.1) is 0 Å². The Morgan fingerprint density at radius 1 is 1.17 bits per heavy atom. The zero-order valence-electron chi connectivity index (χ0n) is 14.1. The first-order chi connectivity index (χ1) is 11.4. The van der Waals surface area contributed by atoms with Crippen LogP contribution in [0.1, 0.15) is 16.7 Å². The minimum Gasteiger partial charge on any atom is -0.423 e. The van der Waals surface area contributed by atoms with Crippen molar-refractivity contribution in [2.75, 3.05) is 23.3 Å². The van der Waals surface area contributed by atoms with Crippen LogP contribution in [0.5, 0.6) is 5.75 Å². The van der Waals surface area contributed by atoms with Gasteiger partial charge < -0.3 is 15.0 Å². The topological polar surface area (TPSA) is 58.6 Å². The van der Waals surface area contributed by atoms with Crippen molar-refractivity contribution < 1.29 is 14.3 Å². The van der Waals surface area contributed by atoms with Crippen molar-refractivity contribution in [2.24, 2.45) is 0 Å². The van der Waals surface area contributed by atoms with E-state index in [9.17, 15) is 9.59 Å². The fraction of sp³-hybridized carbons (Fsp3) is 0.263. The van der Waals surface area contributed by atoms with Crippen molar-refractivity contribution in [1.82, 2.24) is 0 Å². The van der Waals surface area contributed by atoms with Crippen molar-refractivity contribution in [3.8, 4) is 5.75 Å². The molecule has 1 heterocycles. The Hall–Kier alpha value is -2.82. The number of rotatable bonds is 3. The van der Waals surface area contributed by atoms with Gasteiger partial charge in [-0.3, -0.25) is 4.79 Å². The minimum atomic E-state index is -0.355. The SMILES string of the molecule is Cc1ccc2c(c1)N(CC(=O)Nc1c(C)cccc1C)CC(=O)O2. The Labute approximate surface area is 141 Å². The quantitative estimate of drug-likeness (QED) is 0.696. The summed E-state index contributed by atoms with van der Waals surface area (Å²) in [5.74, 6) is -0.0162. The summed E-state index contributed by atoms with van der Waals surface area (Å²) in [5, 5.41) is 2.95. The van der Waals surface area contributed by atoms with E-state index in [0.717, 1.165) is 28.1 Å². The number of carbonyl (C=O) groups excluding carboxylic acids is 2. The van der Waals surface area contributed by atoms with E-state index in [1.165, 1.54) is 0 Å². The Kier molecular flexibility index (Phi) is 4.25. The molecule has 1 amide bonds. The number of hydrogen-bond acceptors (Lipinski definition) is 4. The molecular formula is C19H20N2O3. The molecular weight excluding hydrogens is 304 g/mol. The van der Waals surface area contributed by atoms with Crippen LogP contribution >= 0.6 is 0 Å². The molecule has 0 saturated heterocycles. The summed E-state index contributed by atoms with van der Waals surface area (Å²) in [4.78, 5) is 26.0. The fourth-order valence-corrected chi connectivity index (χ4v) is 2.86. The second-order valence-electron chi connectivity index (χ2n) is 6.12. The zero-order valence-corrected chi connectivity index (χ0v) is 14.1. The monoisotopic (exact) mass is 324 g/mol. The molecule has 1 N–H and O–H groups in total. The smallest absolute Gasteiger partial charge is 0.331 e. The summed E-state index contributed by atoms with van der Waals surface area (Å²) in [6, 6.07) is 11.4. The normalized spacial score (nSPS) is 13.3. The lowest BCUT2D eigenvalue weighted by atomic mass is 10.1. The van der Waals surface area contributed by atoms with E-state index in [-0.39, 0.29) is 25.0 Å². The number of carbonyl (C=O) groups is 2. The van der Waals surface area contributed by atoms with Gasteiger partial charge >= 0.3 is 5.97 Å². The second kappa shape index (κ2) is 6.35. The molecule has 2 aromatic carbocycles. The molecule has 0 unspecified atom stereocenters. The summed E-state index contributed by atoms with van der Waals surface area (Å²) >= 11 is 0. The molecule has 5 heteroatoms. The third-order valence-corrected chi connectivity index (χ3v) is 4.08. The van der Waals surface area contributed by atoms with E-state index in [1.54, 1.807) is 11.0 Å². The van der Waals surface area contributed by atoms with Crippen molar-refractivity contribution in [3.05, 3.63) is 53.1 Å². The molecule has 0 spiro atoms. The van der Waals surface area contributed by atoms with Gasteiger partial charge in [0.1, 0.15) is 6.54 Å². The summed E-state index contributed by atoms with van der Waals surface area (Å²) < 4.78 is 5.24. The Morgan fingerprint density at radius 2 is 1.88 bits per heavy atom. The molecule has 0 aliphatic carbocycles. The summed E-state index contributed by atoms with van der Waals surface area (Å²) in [5.41, 5.74) is 4.67. The second-order valence-corrected chi connectivity index (χ2v) is 6.12. The van der Waals surface area contributed by atoms with Gasteiger partial charge in [0.05, 0.1) is 12.2 Å². The molecule has 0 radical (unpaired) electrons. The van der Waals surface area contributed by atoms with Crippen molar-refractivity contribution in [1.29, 1.82) is 0 Å². The van der Waals surface area contributed by atoms with E-state index in [2.05, 4.69) is 5.32 Å². The number of fused-ring (bicyclic) bond motifs is 1. The van der Waals surface area contributed by atoms with Crippen LogP contribution in [0.2, 0.25) is 0 Å². The standard InChI is InChI=1S/C19H20N2O3/c1-12-7-8-16-15(9-12)21(11-18(23)24-16)10-17(22)20-19-13(2)5-4-6-14(19)3/h4-9H,10-11H2,1-3H3,(H,20,22). The average molecular weight is 324 g/mol. The number of para-hydroxylation sites is 1. The van der Waals surface area contributed by atoms with Crippen LogP contribution in [0.4, 0.5) is 11.4 Å². The zero-order chi connectivity index (χ0) is 17.3. The van der Waals surface area contributed by atoms with Gasteiger partial charge in [-0.05, 0) is 49.6 Å². The van der Waals surface area contributed by atoms with Crippen LogP contribution in [0, 0.1) is 20.8 Å². The predicted octanol–water partition coefficient (Wildman–Crippen LogP) is 2.98. The fourth-order valence-electron chi connectivity index (χ4n) is 2.86. The molecule has 0 aromatic heterocycles. The summed E-state index contributed by atoms with van der Waals surface area (Å²) in [7, 11) is 0. The van der Waals surface area contributed by atoms with Crippen LogP contribution in [0.15, 0.2) is 36.4 Å². The van der Waals surface area contributed by atoms with Gasteiger partial charge in [0, 0.05) is 5.69 Å². The van der Waals surface area contributed by atoms with Crippen molar-refractivity contribution in [3.63, 3.8) is 0 Å². The van der Waals surface area contributed by atoms with E-state index in [0.29, 0.717) is 5.75 Å².